The Hall–Kier alpha value is -1.65. The van der Waals surface area contributed by atoms with Gasteiger partial charge >= 0.3 is 0 Å². The third-order valence-corrected chi connectivity index (χ3v) is 3.05. The van der Waals surface area contributed by atoms with Crippen molar-refractivity contribution in [2.75, 3.05) is 11.9 Å². The van der Waals surface area contributed by atoms with E-state index in [1.54, 1.807) is 31.5 Å². The molecule has 2 aromatic rings. The monoisotopic (exact) mass is 277 g/mol. The predicted octanol–water partition coefficient (Wildman–Crippen LogP) is 2.76. The van der Waals surface area contributed by atoms with Gasteiger partial charge in [-0.3, -0.25) is 4.98 Å². The molecule has 1 aromatic heterocycles. The first-order valence-corrected chi connectivity index (χ1v) is 6.36. The summed E-state index contributed by atoms with van der Waals surface area (Å²) in [4.78, 5) is 8.32. The van der Waals surface area contributed by atoms with E-state index in [1.165, 1.54) is 0 Å². The molecule has 0 fully saturated rings. The van der Waals surface area contributed by atoms with Gasteiger partial charge in [0.05, 0.1) is 11.9 Å². The van der Waals surface area contributed by atoms with E-state index >= 15 is 0 Å². The van der Waals surface area contributed by atoms with Crippen LogP contribution in [0.2, 0.25) is 5.02 Å². The number of nitrogens with zero attached hydrogens (tertiary/aromatic N) is 2. The first-order chi connectivity index (χ1) is 8.97. The summed E-state index contributed by atoms with van der Waals surface area (Å²) in [5.41, 5.74) is 0.552. The molecule has 5 heteroatoms. The van der Waals surface area contributed by atoms with E-state index in [-0.39, 0.29) is 0 Å². The number of anilines is 1. The van der Waals surface area contributed by atoms with Gasteiger partial charge in [-0.25, -0.2) is 4.98 Å². The lowest BCUT2D eigenvalue weighted by atomic mass is 9.96. The van der Waals surface area contributed by atoms with Crippen molar-refractivity contribution in [3.63, 3.8) is 0 Å². The van der Waals surface area contributed by atoms with Crippen LogP contribution in [0, 0.1) is 6.92 Å². The number of nitrogens with one attached hydrogen (secondary N) is 1. The predicted molar refractivity (Wildman–Crippen MR) is 76.3 cm³/mol. The van der Waals surface area contributed by atoms with Gasteiger partial charge in [-0.1, -0.05) is 23.7 Å². The maximum Gasteiger partial charge on any atom is 0.144 e. The second-order valence-electron chi connectivity index (χ2n) is 4.68. The van der Waals surface area contributed by atoms with Crippen LogP contribution in [0.1, 0.15) is 18.2 Å². The number of aromatic nitrogens is 2. The van der Waals surface area contributed by atoms with Crippen molar-refractivity contribution in [2.24, 2.45) is 0 Å². The van der Waals surface area contributed by atoms with Gasteiger partial charge in [0.2, 0.25) is 0 Å². The molecular weight excluding hydrogens is 262 g/mol. The summed E-state index contributed by atoms with van der Waals surface area (Å²) in [6.07, 6.45) is 3.31. The first kappa shape index (κ1) is 13.8. The van der Waals surface area contributed by atoms with E-state index in [0.29, 0.717) is 17.4 Å². The second-order valence-corrected chi connectivity index (χ2v) is 5.12. The fourth-order valence-electron chi connectivity index (χ4n) is 1.74. The van der Waals surface area contributed by atoms with Gasteiger partial charge in [0.1, 0.15) is 11.4 Å². The number of hydrogen-bond donors (Lipinski definition) is 2. The number of hydrogen-bond acceptors (Lipinski definition) is 4. The molecule has 2 rings (SSSR count). The molecule has 0 saturated carbocycles. The van der Waals surface area contributed by atoms with E-state index < -0.39 is 5.60 Å². The number of benzene rings is 1. The summed E-state index contributed by atoms with van der Waals surface area (Å²) in [6, 6.07) is 7.19. The highest BCUT2D eigenvalue weighted by atomic mass is 35.5. The van der Waals surface area contributed by atoms with Gasteiger partial charge < -0.3 is 10.4 Å². The number of aliphatic hydroxyl groups is 1. The minimum Gasteiger partial charge on any atom is -0.384 e. The van der Waals surface area contributed by atoms with E-state index in [2.05, 4.69) is 15.3 Å². The number of rotatable bonds is 4. The highest BCUT2D eigenvalue weighted by Gasteiger charge is 2.23. The fourth-order valence-corrected chi connectivity index (χ4v) is 1.93. The van der Waals surface area contributed by atoms with Crippen LogP contribution in [-0.4, -0.2) is 21.6 Å². The van der Waals surface area contributed by atoms with E-state index in [9.17, 15) is 5.11 Å². The molecule has 19 heavy (non-hydrogen) atoms. The summed E-state index contributed by atoms with van der Waals surface area (Å²) >= 11 is 5.93. The highest BCUT2D eigenvalue weighted by Crippen LogP contribution is 2.23. The number of halogens is 1. The Kier molecular flexibility index (Phi) is 4.02. The number of aryl methyl sites for hydroxylation is 1. The fraction of sp³-hybridized carbons (Fsp3) is 0.286. The molecule has 1 atom stereocenters. The summed E-state index contributed by atoms with van der Waals surface area (Å²) in [5, 5.41) is 14.2. The van der Waals surface area contributed by atoms with Gasteiger partial charge in [0.15, 0.2) is 0 Å². The average molecular weight is 278 g/mol. The lowest BCUT2D eigenvalue weighted by molar-refractivity contribution is 0.0714. The molecule has 0 amide bonds. The Morgan fingerprint density at radius 1 is 1.37 bits per heavy atom. The van der Waals surface area contributed by atoms with Crippen LogP contribution < -0.4 is 5.32 Å². The van der Waals surface area contributed by atoms with E-state index in [4.69, 9.17) is 11.6 Å². The lowest BCUT2D eigenvalue weighted by Crippen LogP contribution is -2.31. The zero-order valence-electron chi connectivity index (χ0n) is 10.9. The summed E-state index contributed by atoms with van der Waals surface area (Å²) in [5.74, 6) is 0.641. The molecule has 0 saturated heterocycles. The molecule has 0 aliphatic carbocycles. The zero-order chi connectivity index (χ0) is 13.9. The molecule has 1 unspecified atom stereocenters. The molecule has 4 nitrogen and oxygen atoms in total. The third kappa shape index (κ3) is 3.66. The Labute approximate surface area is 117 Å². The van der Waals surface area contributed by atoms with Crippen LogP contribution >= 0.6 is 11.6 Å². The highest BCUT2D eigenvalue weighted by molar-refractivity contribution is 6.30. The van der Waals surface area contributed by atoms with Crippen molar-refractivity contribution in [1.82, 2.24) is 9.97 Å². The normalized spacial score (nSPS) is 13.9. The standard InChI is InChI=1S/C14H16ClN3O/c1-10-7-16-8-13(18-10)17-9-14(2,19)11-4-3-5-12(15)6-11/h3-8,19H,9H2,1-2H3,(H,17,18). The molecule has 1 aromatic carbocycles. The molecule has 0 radical (unpaired) electrons. The Morgan fingerprint density at radius 2 is 2.16 bits per heavy atom. The molecular formula is C14H16ClN3O. The van der Waals surface area contributed by atoms with Crippen LogP contribution in [0.4, 0.5) is 5.82 Å². The summed E-state index contributed by atoms with van der Waals surface area (Å²) < 4.78 is 0. The van der Waals surface area contributed by atoms with Crippen LogP contribution in [0.3, 0.4) is 0 Å². The lowest BCUT2D eigenvalue weighted by Gasteiger charge is -2.24. The van der Waals surface area contributed by atoms with Crippen molar-refractivity contribution < 1.29 is 5.11 Å². The first-order valence-electron chi connectivity index (χ1n) is 5.98. The van der Waals surface area contributed by atoms with Crippen molar-refractivity contribution in [2.45, 2.75) is 19.4 Å². The molecule has 2 N–H and O–H groups in total. The molecule has 0 spiro atoms. The van der Waals surface area contributed by atoms with Gasteiger partial charge in [0, 0.05) is 17.8 Å². The van der Waals surface area contributed by atoms with Gasteiger partial charge in [-0.15, -0.1) is 0 Å². The topological polar surface area (TPSA) is 58.0 Å². The van der Waals surface area contributed by atoms with Crippen LogP contribution in [-0.2, 0) is 5.60 Å². The zero-order valence-corrected chi connectivity index (χ0v) is 11.6. The van der Waals surface area contributed by atoms with Crippen molar-refractivity contribution in [3.05, 3.63) is 52.9 Å². The van der Waals surface area contributed by atoms with Crippen molar-refractivity contribution in [3.8, 4) is 0 Å². The minimum absolute atomic E-state index is 0.325. The molecule has 1 heterocycles. The Morgan fingerprint density at radius 3 is 2.84 bits per heavy atom. The molecule has 0 bridgehead atoms. The quantitative estimate of drug-likeness (QED) is 0.902. The average Bonchev–Trinajstić information content (AvgIpc) is 2.37. The minimum atomic E-state index is -1.03. The second kappa shape index (κ2) is 5.55. The van der Waals surface area contributed by atoms with Gasteiger partial charge in [-0.05, 0) is 31.5 Å². The SMILES string of the molecule is Cc1cncc(NCC(C)(O)c2cccc(Cl)c2)n1. The smallest absolute Gasteiger partial charge is 0.144 e. The van der Waals surface area contributed by atoms with E-state index in [1.807, 2.05) is 19.1 Å². The summed E-state index contributed by atoms with van der Waals surface area (Å²) in [7, 11) is 0. The van der Waals surface area contributed by atoms with Gasteiger partial charge in [-0.2, -0.15) is 0 Å². The largest absolute Gasteiger partial charge is 0.384 e. The molecule has 100 valence electrons. The maximum atomic E-state index is 10.5. The molecule has 0 aliphatic rings. The van der Waals surface area contributed by atoms with Crippen LogP contribution in [0.5, 0.6) is 0 Å². The van der Waals surface area contributed by atoms with Crippen LogP contribution in [0.15, 0.2) is 36.7 Å². The van der Waals surface area contributed by atoms with Crippen molar-refractivity contribution in [1.29, 1.82) is 0 Å². The van der Waals surface area contributed by atoms with E-state index in [0.717, 1.165) is 11.3 Å². The third-order valence-electron chi connectivity index (χ3n) is 2.82. The van der Waals surface area contributed by atoms with Gasteiger partial charge in [0.25, 0.3) is 0 Å². The maximum absolute atomic E-state index is 10.5. The Balaban J connectivity index is 2.09. The Bertz CT molecular complexity index is 572. The summed E-state index contributed by atoms with van der Waals surface area (Å²) in [6.45, 7) is 3.92. The molecule has 0 aliphatic heterocycles. The van der Waals surface area contributed by atoms with Crippen LogP contribution in [0.25, 0.3) is 0 Å². The van der Waals surface area contributed by atoms with Crippen molar-refractivity contribution >= 4 is 17.4 Å².